The Bertz CT molecular complexity index is 1510. The summed E-state index contributed by atoms with van der Waals surface area (Å²) in [6, 6.07) is 13.2. The number of carbonyl (C=O) groups is 4. The van der Waals surface area contributed by atoms with E-state index in [1.807, 2.05) is 24.3 Å². The molecule has 0 unspecified atom stereocenters. The van der Waals surface area contributed by atoms with Crippen molar-refractivity contribution in [1.82, 2.24) is 20.6 Å². The largest absolute Gasteiger partial charge is 0.458 e. The predicted octanol–water partition coefficient (Wildman–Crippen LogP) is 0.368. The maximum Gasteiger partial charge on any atom is 0.327 e. The Morgan fingerprint density at radius 1 is 1.09 bits per heavy atom. The standard InChI is InChI=1S/C32H36N4O9/c1-35(2)24(38)11-10-20-7-3-4-8-22(20)17-36-27-30(40)44-23-15-32(27,28(45-36)26-25(23)42-18-43-26)31(41)34-16-19-6-5-9-21(14-19)29(39)33-12-13-37/h3-11,14,23,25-28,37H,12-13,15-18H2,1-2H3,(H,33,39)(H,34,41)/t23-,25+,26+,27+,28-,32+/m1/s1. The molecular formula is C32H36N4O9. The van der Waals surface area contributed by atoms with Crippen molar-refractivity contribution in [3.05, 3.63) is 76.9 Å². The van der Waals surface area contributed by atoms with Crippen molar-refractivity contribution >= 4 is 29.8 Å². The van der Waals surface area contributed by atoms with Crippen LogP contribution < -0.4 is 10.6 Å². The van der Waals surface area contributed by atoms with Gasteiger partial charge >= 0.3 is 5.97 Å². The molecule has 1 saturated carbocycles. The second-order valence-electron chi connectivity index (χ2n) is 11.7. The third-order valence-corrected chi connectivity index (χ3v) is 8.76. The summed E-state index contributed by atoms with van der Waals surface area (Å²) in [6.45, 7) is 0.172. The van der Waals surface area contributed by atoms with Crippen molar-refractivity contribution in [3.8, 4) is 0 Å². The van der Waals surface area contributed by atoms with Crippen LogP contribution in [0.2, 0.25) is 0 Å². The topological polar surface area (TPSA) is 156 Å². The summed E-state index contributed by atoms with van der Waals surface area (Å²) in [7, 11) is 3.33. The molecule has 0 aromatic heterocycles. The minimum Gasteiger partial charge on any atom is -0.458 e. The highest BCUT2D eigenvalue weighted by atomic mass is 16.8. The average Bonchev–Trinajstić information content (AvgIpc) is 3.67. The molecule has 6 atom stereocenters. The molecule has 0 spiro atoms. The van der Waals surface area contributed by atoms with Gasteiger partial charge in [-0.25, -0.2) is 0 Å². The van der Waals surface area contributed by atoms with E-state index in [1.54, 1.807) is 44.4 Å². The summed E-state index contributed by atoms with van der Waals surface area (Å²) < 4.78 is 17.5. The van der Waals surface area contributed by atoms with Crippen molar-refractivity contribution < 1.29 is 43.3 Å². The van der Waals surface area contributed by atoms with Gasteiger partial charge in [0.25, 0.3) is 5.91 Å². The van der Waals surface area contributed by atoms with Gasteiger partial charge in [-0.1, -0.05) is 36.4 Å². The molecule has 4 fully saturated rings. The molecule has 0 radical (unpaired) electrons. The Hall–Kier alpha value is -4.14. The van der Waals surface area contributed by atoms with Crippen molar-refractivity contribution in [2.75, 3.05) is 34.0 Å². The zero-order chi connectivity index (χ0) is 31.7. The molecule has 1 aliphatic carbocycles. The van der Waals surface area contributed by atoms with Gasteiger partial charge in [0.2, 0.25) is 11.8 Å². The highest BCUT2D eigenvalue weighted by molar-refractivity contribution is 5.95. The SMILES string of the molecule is CN(C)C(=O)C=Cc1ccccc1CN1O[C@@H]2[C@H]3OCO[C@H]3[C@H]3C[C@]2(C(=O)NCc2cccc(C(=O)NCCO)c2)[C@@H]1C(=O)O3. The molecular weight excluding hydrogens is 584 g/mol. The van der Waals surface area contributed by atoms with Gasteiger partial charge in [-0.05, 0) is 34.9 Å². The lowest BCUT2D eigenvalue weighted by atomic mass is 9.62. The van der Waals surface area contributed by atoms with E-state index < -0.39 is 47.7 Å². The van der Waals surface area contributed by atoms with Crippen LogP contribution in [0.25, 0.3) is 6.08 Å². The van der Waals surface area contributed by atoms with E-state index in [-0.39, 0.29) is 51.3 Å². The van der Waals surface area contributed by atoms with Crippen LogP contribution in [0.4, 0.5) is 0 Å². The van der Waals surface area contributed by atoms with Crippen molar-refractivity contribution in [3.63, 3.8) is 0 Å². The Labute approximate surface area is 260 Å². The van der Waals surface area contributed by atoms with Gasteiger partial charge in [-0.15, -0.1) is 0 Å². The number of fused-ring (bicyclic) bond motifs is 4. The fourth-order valence-electron chi connectivity index (χ4n) is 6.59. The number of nitrogens with zero attached hydrogens (tertiary/aromatic N) is 2. The zero-order valence-electron chi connectivity index (χ0n) is 25.0. The van der Waals surface area contributed by atoms with Gasteiger partial charge in [0.05, 0.1) is 13.2 Å². The number of benzene rings is 2. The molecule has 2 aromatic rings. The fraction of sp³-hybridized carbons (Fsp3) is 0.438. The molecule has 45 heavy (non-hydrogen) atoms. The minimum absolute atomic E-state index is 0.00964. The van der Waals surface area contributed by atoms with Gasteiger partial charge in [0.15, 0.2) is 6.04 Å². The summed E-state index contributed by atoms with van der Waals surface area (Å²) in [4.78, 5) is 60.5. The Morgan fingerprint density at radius 2 is 1.89 bits per heavy atom. The predicted molar refractivity (Wildman–Crippen MR) is 158 cm³/mol. The molecule has 238 valence electrons. The Balaban J connectivity index is 1.28. The summed E-state index contributed by atoms with van der Waals surface area (Å²) >= 11 is 0. The van der Waals surface area contributed by atoms with Gasteiger partial charge in [0.1, 0.15) is 36.6 Å². The number of hydrogen-bond acceptors (Lipinski definition) is 10. The van der Waals surface area contributed by atoms with Crippen LogP contribution >= 0.6 is 0 Å². The number of nitrogens with one attached hydrogen (secondary N) is 2. The lowest BCUT2D eigenvalue weighted by Gasteiger charge is -2.48. The molecule has 2 bridgehead atoms. The number of likely N-dealkylation sites (N-methyl/N-ethyl adjacent to an activating group) is 1. The highest BCUT2D eigenvalue weighted by Gasteiger charge is 2.74. The molecule has 3 aliphatic heterocycles. The Kier molecular flexibility index (Phi) is 8.71. The second kappa shape index (κ2) is 12.7. The molecule has 3 N–H and O–H groups in total. The van der Waals surface area contributed by atoms with Crippen LogP contribution in [0.3, 0.4) is 0 Å². The van der Waals surface area contributed by atoms with Gasteiger partial charge in [-0.2, -0.15) is 5.06 Å². The van der Waals surface area contributed by atoms with Crippen LogP contribution in [0.15, 0.2) is 54.6 Å². The van der Waals surface area contributed by atoms with Crippen molar-refractivity contribution in [2.45, 2.75) is 50.0 Å². The van der Waals surface area contributed by atoms with Crippen LogP contribution in [0.1, 0.15) is 33.5 Å². The number of ether oxygens (including phenoxy) is 3. The summed E-state index contributed by atoms with van der Waals surface area (Å²) in [5, 5.41) is 16.1. The van der Waals surface area contributed by atoms with Gasteiger partial charge in [-0.3, -0.25) is 24.0 Å². The van der Waals surface area contributed by atoms with Crippen LogP contribution in [-0.2, 0) is 46.5 Å². The molecule has 3 saturated heterocycles. The normalized spacial score (nSPS) is 28.4. The number of hydrogen-bond donors (Lipinski definition) is 3. The van der Waals surface area contributed by atoms with E-state index in [2.05, 4.69) is 10.6 Å². The third kappa shape index (κ3) is 5.73. The molecule has 4 aliphatic rings. The summed E-state index contributed by atoms with van der Waals surface area (Å²) in [5.74, 6) is -1.49. The van der Waals surface area contributed by atoms with E-state index in [0.29, 0.717) is 11.1 Å². The summed E-state index contributed by atoms with van der Waals surface area (Å²) in [6.07, 6.45) is 0.649. The summed E-state index contributed by atoms with van der Waals surface area (Å²) in [5.41, 5.74) is 1.27. The Morgan fingerprint density at radius 3 is 2.69 bits per heavy atom. The number of esters is 1. The van der Waals surface area contributed by atoms with Gasteiger partial charge < -0.3 is 34.9 Å². The van der Waals surface area contributed by atoms with E-state index in [9.17, 15) is 19.2 Å². The molecule has 6 rings (SSSR count). The minimum atomic E-state index is -1.34. The maximum absolute atomic E-state index is 14.3. The highest BCUT2D eigenvalue weighted by Crippen LogP contribution is 2.55. The quantitative estimate of drug-likeness (QED) is 0.251. The van der Waals surface area contributed by atoms with E-state index >= 15 is 0 Å². The first kappa shape index (κ1) is 30.9. The molecule has 2 aromatic carbocycles. The van der Waals surface area contributed by atoms with Crippen LogP contribution in [0.5, 0.6) is 0 Å². The monoisotopic (exact) mass is 620 g/mol. The smallest absolute Gasteiger partial charge is 0.327 e. The van der Waals surface area contributed by atoms with Gasteiger partial charge in [0, 0.05) is 45.2 Å². The lowest BCUT2D eigenvalue weighted by molar-refractivity contribution is -0.201. The molecule has 13 heteroatoms. The molecule has 13 nitrogen and oxygen atoms in total. The molecule has 3 heterocycles. The number of aliphatic hydroxyl groups excluding tert-OH is 1. The van der Waals surface area contributed by atoms with Crippen molar-refractivity contribution in [2.24, 2.45) is 5.41 Å². The maximum atomic E-state index is 14.3. The fourth-order valence-corrected chi connectivity index (χ4v) is 6.59. The van der Waals surface area contributed by atoms with Crippen molar-refractivity contribution in [1.29, 1.82) is 0 Å². The first-order chi connectivity index (χ1) is 21.7. The zero-order valence-corrected chi connectivity index (χ0v) is 25.0. The number of amides is 3. The third-order valence-electron chi connectivity index (χ3n) is 8.76. The second-order valence-corrected chi connectivity index (χ2v) is 11.7. The van der Waals surface area contributed by atoms with E-state index in [0.717, 1.165) is 11.1 Å². The average molecular weight is 621 g/mol. The van der Waals surface area contributed by atoms with E-state index in [1.165, 1.54) is 16.0 Å². The first-order valence-electron chi connectivity index (χ1n) is 14.8. The number of carbonyl (C=O) groups excluding carboxylic acids is 4. The number of aliphatic hydroxyl groups is 1. The lowest BCUT2D eigenvalue weighted by Crippen LogP contribution is -2.69. The van der Waals surface area contributed by atoms with E-state index in [4.69, 9.17) is 24.2 Å². The number of rotatable bonds is 10. The molecule has 3 amide bonds. The van der Waals surface area contributed by atoms with Crippen LogP contribution in [0, 0.1) is 5.41 Å². The first-order valence-corrected chi connectivity index (χ1v) is 14.8. The van der Waals surface area contributed by atoms with Crippen LogP contribution in [-0.4, -0.2) is 103 Å². The number of hydroxylamine groups is 2.